The van der Waals surface area contributed by atoms with E-state index in [0.717, 1.165) is 22.3 Å². The molecular weight excluding hydrogens is 905 g/mol. The Labute approximate surface area is 400 Å². The zero-order valence-electron chi connectivity index (χ0n) is 38.4. The molecule has 3 unspecified atom stereocenters. The second-order valence-corrected chi connectivity index (χ2v) is 20.7. The maximum Gasteiger partial charge on any atom is 0.362 e. The van der Waals surface area contributed by atoms with Gasteiger partial charge < -0.3 is 23.5 Å². The first kappa shape index (κ1) is 48.0. The molecule has 1 fully saturated rings. The number of aromatic nitrogens is 4. The Morgan fingerprint density at radius 3 is 1.91 bits per heavy atom. The third kappa shape index (κ3) is 10.9. The molecule has 0 radical (unpaired) electrons. The number of fused-ring (bicyclic) bond motifs is 1. The Balaban J connectivity index is 1.20. The SMILES string of the molecule is CN(C)P(=O)(Cl)OCC1CN(C(c2ccccc2)(c2ccccc2)c2ccccc2)CC(n2cnc3c(OCc4ccc(OC(=O)C(C)(C)C)cc4)nc(NC(=O)COc4ccccc4)nc32)O1. The second-order valence-electron chi connectivity index (χ2n) is 17.4. The van der Waals surface area contributed by atoms with Crippen LogP contribution >= 0.6 is 18.1 Å². The van der Waals surface area contributed by atoms with Gasteiger partial charge >= 0.3 is 12.8 Å². The van der Waals surface area contributed by atoms with Crippen molar-refractivity contribution in [3.8, 4) is 17.4 Å². The first-order valence-corrected chi connectivity index (χ1v) is 24.5. The van der Waals surface area contributed by atoms with Gasteiger partial charge in [0.2, 0.25) is 11.8 Å². The average molecular weight is 958 g/mol. The molecule has 0 bridgehead atoms. The van der Waals surface area contributed by atoms with Gasteiger partial charge in [-0.2, -0.15) is 9.97 Å². The second kappa shape index (κ2) is 20.8. The topological polar surface area (TPSA) is 159 Å². The molecule has 0 aliphatic carbocycles. The summed E-state index contributed by atoms with van der Waals surface area (Å²) in [5.41, 5.74) is 2.80. The Kier molecular flexibility index (Phi) is 14.7. The smallest absolute Gasteiger partial charge is 0.362 e. The van der Waals surface area contributed by atoms with Crippen LogP contribution in [0.2, 0.25) is 0 Å². The van der Waals surface area contributed by atoms with E-state index in [0.29, 0.717) is 29.2 Å². The summed E-state index contributed by atoms with van der Waals surface area (Å²) in [7, 11) is 3.19. The monoisotopic (exact) mass is 957 g/mol. The van der Waals surface area contributed by atoms with Crippen LogP contribution in [0.15, 0.2) is 152 Å². The van der Waals surface area contributed by atoms with E-state index in [1.54, 1.807) is 82.2 Å². The van der Waals surface area contributed by atoms with Crippen LogP contribution in [0.3, 0.4) is 0 Å². The zero-order chi connectivity index (χ0) is 47.9. The van der Waals surface area contributed by atoms with Crippen molar-refractivity contribution in [3.63, 3.8) is 0 Å². The molecule has 2 aromatic heterocycles. The average Bonchev–Trinajstić information content (AvgIpc) is 3.78. The number of carbonyl (C=O) groups is 2. The Bertz CT molecular complexity index is 2760. The summed E-state index contributed by atoms with van der Waals surface area (Å²) >= 11 is 6.45. The highest BCUT2D eigenvalue weighted by atomic mass is 35.7. The molecule has 15 nitrogen and oxygen atoms in total. The fraction of sp³-hybridized carbons (Fsp3) is 0.275. The number of amides is 1. The van der Waals surface area contributed by atoms with Gasteiger partial charge in [0.15, 0.2) is 17.8 Å². The highest BCUT2D eigenvalue weighted by Crippen LogP contribution is 2.54. The molecule has 8 rings (SSSR count). The first-order valence-electron chi connectivity index (χ1n) is 22.1. The largest absolute Gasteiger partial charge is 0.484 e. The molecule has 3 heterocycles. The van der Waals surface area contributed by atoms with E-state index in [9.17, 15) is 14.2 Å². The van der Waals surface area contributed by atoms with Crippen molar-refractivity contribution in [2.75, 3.05) is 45.7 Å². The van der Waals surface area contributed by atoms with Crippen LogP contribution in [-0.2, 0) is 35.6 Å². The van der Waals surface area contributed by atoms with Gasteiger partial charge in [-0.15, -0.1) is 0 Å². The number of hydrogen-bond donors (Lipinski definition) is 1. The van der Waals surface area contributed by atoms with Crippen LogP contribution in [0.25, 0.3) is 11.2 Å². The number of rotatable bonds is 17. The van der Waals surface area contributed by atoms with Gasteiger partial charge in [-0.1, -0.05) is 121 Å². The molecule has 5 aromatic carbocycles. The van der Waals surface area contributed by atoms with E-state index < -0.39 is 36.1 Å². The predicted octanol–water partition coefficient (Wildman–Crippen LogP) is 9.49. The van der Waals surface area contributed by atoms with E-state index in [1.165, 1.54) is 4.67 Å². The minimum Gasteiger partial charge on any atom is -0.484 e. The van der Waals surface area contributed by atoms with Crippen LogP contribution in [0.1, 0.15) is 49.3 Å². The van der Waals surface area contributed by atoms with Gasteiger partial charge in [-0.3, -0.25) is 28.9 Å². The van der Waals surface area contributed by atoms with Crippen molar-refractivity contribution in [3.05, 3.63) is 174 Å². The molecule has 17 heteroatoms. The molecule has 7 aromatic rings. The van der Waals surface area contributed by atoms with Gasteiger partial charge in [0, 0.05) is 13.1 Å². The van der Waals surface area contributed by atoms with Gasteiger partial charge in [0.05, 0.1) is 30.0 Å². The highest BCUT2D eigenvalue weighted by molar-refractivity contribution is 7.83. The number of benzene rings is 5. The number of morpholine rings is 1. The van der Waals surface area contributed by atoms with Crippen molar-refractivity contribution < 1.29 is 37.6 Å². The van der Waals surface area contributed by atoms with E-state index in [1.807, 2.05) is 72.8 Å². The quantitative estimate of drug-likeness (QED) is 0.0399. The van der Waals surface area contributed by atoms with E-state index in [4.69, 9.17) is 44.7 Å². The summed E-state index contributed by atoms with van der Waals surface area (Å²) in [5.74, 6) is 0.0845. The third-order valence-corrected chi connectivity index (χ3v) is 13.9. The highest BCUT2D eigenvalue weighted by Gasteiger charge is 2.47. The molecular formula is C51H53ClN7O8P. The third-order valence-electron chi connectivity index (χ3n) is 11.3. The number of halogens is 1. The molecule has 0 spiro atoms. The number of nitrogens with zero attached hydrogens (tertiary/aromatic N) is 6. The van der Waals surface area contributed by atoms with Crippen molar-refractivity contribution in [2.45, 2.75) is 45.2 Å². The van der Waals surface area contributed by atoms with Crippen molar-refractivity contribution in [1.82, 2.24) is 29.1 Å². The fourth-order valence-corrected chi connectivity index (χ4v) is 8.61. The summed E-state index contributed by atoms with van der Waals surface area (Å²) in [5, 5.41) is 2.78. The lowest BCUT2D eigenvalue weighted by atomic mass is 9.75. The van der Waals surface area contributed by atoms with Crippen LogP contribution in [0, 0.1) is 5.41 Å². The van der Waals surface area contributed by atoms with Crippen molar-refractivity contribution >= 4 is 47.1 Å². The first-order chi connectivity index (χ1) is 32.7. The Hall–Kier alpha value is -6.45. The van der Waals surface area contributed by atoms with Crippen molar-refractivity contribution in [1.29, 1.82) is 0 Å². The molecule has 1 N–H and O–H groups in total. The van der Waals surface area contributed by atoms with Gasteiger partial charge in [0.25, 0.3) is 5.91 Å². The lowest BCUT2D eigenvalue weighted by molar-refractivity contribution is -0.145. The lowest BCUT2D eigenvalue weighted by Crippen LogP contribution is -2.57. The number of nitrogens with one attached hydrogen (secondary N) is 1. The molecule has 3 atom stereocenters. The van der Waals surface area contributed by atoms with E-state index in [-0.39, 0.29) is 44.2 Å². The summed E-state index contributed by atoms with van der Waals surface area (Å²) in [6, 6.07) is 46.7. The summed E-state index contributed by atoms with van der Waals surface area (Å²) in [6.45, 7) is 1.88. The molecule has 68 heavy (non-hydrogen) atoms. The van der Waals surface area contributed by atoms with Gasteiger partial charge in [0.1, 0.15) is 24.3 Å². The molecule has 352 valence electrons. The minimum absolute atomic E-state index is 0.0438. The number of carbonyl (C=O) groups excluding carboxylic acids is 2. The summed E-state index contributed by atoms with van der Waals surface area (Å²) in [6.07, 6.45) is 0.108. The number of esters is 1. The number of imidazole rings is 1. The Morgan fingerprint density at radius 2 is 1.35 bits per heavy atom. The van der Waals surface area contributed by atoms with Crippen molar-refractivity contribution in [2.24, 2.45) is 5.41 Å². The standard InChI is InChI=1S/C51H53ClN7O8P/c1-50(2,3)48(61)67-41-28-26-36(27-29-41)32-64-47-45-46(55-49(56-47)54-43(60)34-63-40-24-16-9-17-25-40)59(35-53-45)44-31-58(30-42(66-44)33-65-68(52,62)57(4)5)51(37-18-10-6-11-19-37,38-20-12-7-13-21-38)39-22-14-8-15-23-39/h6-29,35,42,44H,30-34H2,1-5H3,(H,54,55,56,60). The lowest BCUT2D eigenvalue weighted by Gasteiger charge is -2.50. The Morgan fingerprint density at radius 1 is 0.779 bits per heavy atom. The maximum atomic E-state index is 13.4. The van der Waals surface area contributed by atoms with E-state index >= 15 is 0 Å². The van der Waals surface area contributed by atoms with Crippen LogP contribution in [0.5, 0.6) is 17.4 Å². The van der Waals surface area contributed by atoms with E-state index in [2.05, 4.69) is 51.6 Å². The maximum absolute atomic E-state index is 13.4. The normalized spacial score (nSPS) is 16.5. The van der Waals surface area contributed by atoms with Crippen LogP contribution in [-0.4, -0.2) is 87.5 Å². The van der Waals surface area contributed by atoms with Crippen LogP contribution in [0.4, 0.5) is 5.95 Å². The molecule has 1 aliphatic rings. The number of anilines is 1. The number of ether oxygens (including phenoxy) is 4. The van der Waals surface area contributed by atoms with Gasteiger partial charge in [-0.25, -0.2) is 9.65 Å². The number of para-hydroxylation sites is 1. The molecule has 1 amide bonds. The predicted molar refractivity (Wildman–Crippen MR) is 260 cm³/mol. The fourth-order valence-electron chi connectivity index (χ4n) is 7.86. The summed E-state index contributed by atoms with van der Waals surface area (Å²) in [4.78, 5) is 42.5. The van der Waals surface area contributed by atoms with Gasteiger partial charge in [-0.05, 0) is 92.6 Å². The molecule has 0 saturated carbocycles. The molecule has 1 saturated heterocycles. The minimum atomic E-state index is -3.71. The van der Waals surface area contributed by atoms with Crippen LogP contribution < -0.4 is 19.5 Å². The summed E-state index contributed by atoms with van der Waals surface area (Å²) < 4.78 is 47.1. The zero-order valence-corrected chi connectivity index (χ0v) is 40.0. The number of hydrogen-bond acceptors (Lipinski definition) is 12. The molecule has 1 aliphatic heterocycles.